The Morgan fingerprint density at radius 3 is 2.43 bits per heavy atom. The lowest BCUT2D eigenvalue weighted by atomic mass is 10.5. The topological polar surface area (TPSA) is 0 Å². The van der Waals surface area contributed by atoms with Crippen molar-refractivity contribution >= 4 is 33.3 Å². The largest absolute Gasteiger partial charge is 0.160 e. The van der Waals surface area contributed by atoms with Crippen molar-refractivity contribution in [2.24, 2.45) is 0 Å². The Kier molecular flexibility index (Phi) is 2.78. The van der Waals surface area contributed by atoms with E-state index in [1.54, 1.807) is 0 Å². The summed E-state index contributed by atoms with van der Waals surface area (Å²) in [5, 5.41) is 0.972. The average molecular weight is 152 g/mol. The van der Waals surface area contributed by atoms with Gasteiger partial charge in [-0.1, -0.05) is 21.6 Å². The zero-order valence-corrected chi connectivity index (χ0v) is 6.67. The van der Waals surface area contributed by atoms with Gasteiger partial charge in [-0.05, 0) is 6.26 Å². The maximum absolute atomic E-state index is 2.15. The number of rotatable bonds is 2. The molecule has 0 radical (unpaired) electrons. The molecule has 7 heavy (non-hydrogen) atoms. The molecule has 0 saturated carbocycles. The van der Waals surface area contributed by atoms with Crippen LogP contribution in [0.1, 0.15) is 0 Å². The Hall–Kier alpha value is 1.05. The number of hydrogen-bond donors (Lipinski definition) is 0. The van der Waals surface area contributed by atoms with Gasteiger partial charge in [-0.25, -0.2) is 0 Å². The number of thioether (sulfide) groups is 1. The number of hydrogen-bond acceptors (Lipinski definition) is 3. The van der Waals surface area contributed by atoms with E-state index in [9.17, 15) is 0 Å². The van der Waals surface area contributed by atoms with E-state index in [-0.39, 0.29) is 0 Å². The van der Waals surface area contributed by atoms with Gasteiger partial charge in [-0.3, -0.25) is 0 Å². The normalized spacial score (nSPS) is 21.9. The average Bonchev–Trinajstić information content (AvgIpc) is 1.55. The van der Waals surface area contributed by atoms with Gasteiger partial charge < -0.3 is 0 Å². The van der Waals surface area contributed by atoms with Crippen LogP contribution < -0.4 is 0 Å². The lowest BCUT2D eigenvalue weighted by Crippen LogP contribution is -2.19. The fraction of sp³-hybridized carbons (Fsp3) is 1.00. The Labute approximate surface area is 56.6 Å². The standard InChI is InChI=1S/C4H8S3/c1-5-7-4-2-6-3-4/h4H,2-3H2,1H3. The van der Waals surface area contributed by atoms with E-state index in [4.69, 9.17) is 0 Å². The van der Waals surface area contributed by atoms with Crippen LogP contribution in [0.5, 0.6) is 0 Å². The van der Waals surface area contributed by atoms with Crippen LogP contribution in [0.3, 0.4) is 0 Å². The molecule has 0 aliphatic carbocycles. The van der Waals surface area contributed by atoms with Crippen LogP contribution in [0.25, 0.3) is 0 Å². The van der Waals surface area contributed by atoms with Crippen LogP contribution in [0.4, 0.5) is 0 Å². The molecule has 0 nitrogen and oxygen atoms in total. The van der Waals surface area contributed by atoms with Crippen molar-refractivity contribution in [3.8, 4) is 0 Å². The van der Waals surface area contributed by atoms with E-state index < -0.39 is 0 Å². The van der Waals surface area contributed by atoms with Gasteiger partial charge in [0.05, 0.1) is 0 Å². The first-order valence-corrected chi connectivity index (χ1v) is 5.98. The van der Waals surface area contributed by atoms with Crippen molar-refractivity contribution in [1.29, 1.82) is 0 Å². The van der Waals surface area contributed by atoms with Gasteiger partial charge >= 0.3 is 0 Å². The first-order valence-electron chi connectivity index (χ1n) is 2.20. The molecule has 0 aromatic heterocycles. The minimum Gasteiger partial charge on any atom is -0.160 e. The molecular formula is C4H8S3. The van der Waals surface area contributed by atoms with Crippen molar-refractivity contribution in [2.45, 2.75) is 5.25 Å². The molecule has 0 atom stereocenters. The Balaban J connectivity index is 1.93. The fourth-order valence-corrected chi connectivity index (χ4v) is 3.94. The highest BCUT2D eigenvalue weighted by atomic mass is 33.1. The van der Waals surface area contributed by atoms with Crippen molar-refractivity contribution < 1.29 is 0 Å². The summed E-state index contributed by atoms with van der Waals surface area (Å²) in [7, 11) is 3.90. The maximum atomic E-state index is 2.15. The van der Waals surface area contributed by atoms with Crippen LogP contribution in [0.15, 0.2) is 0 Å². The minimum atomic E-state index is 0.972. The molecule has 0 unspecified atom stereocenters. The van der Waals surface area contributed by atoms with E-state index in [1.807, 2.05) is 21.6 Å². The van der Waals surface area contributed by atoms with E-state index in [1.165, 1.54) is 11.5 Å². The van der Waals surface area contributed by atoms with Gasteiger partial charge in [0.15, 0.2) is 0 Å². The molecule has 0 aromatic carbocycles. The third kappa shape index (κ3) is 1.78. The van der Waals surface area contributed by atoms with Gasteiger partial charge in [0, 0.05) is 16.8 Å². The molecule has 1 heterocycles. The van der Waals surface area contributed by atoms with Crippen molar-refractivity contribution in [2.75, 3.05) is 17.8 Å². The highest BCUT2D eigenvalue weighted by Gasteiger charge is 2.17. The maximum Gasteiger partial charge on any atom is 0.0332 e. The molecule has 42 valence electrons. The summed E-state index contributed by atoms with van der Waals surface area (Å²) in [4.78, 5) is 0. The molecule has 0 bridgehead atoms. The molecule has 1 rings (SSSR count). The summed E-state index contributed by atoms with van der Waals surface area (Å²) in [5.41, 5.74) is 0. The molecule has 0 amide bonds. The molecule has 3 heteroatoms. The molecule has 1 aliphatic heterocycles. The highest BCUT2D eigenvalue weighted by Crippen LogP contribution is 2.35. The van der Waals surface area contributed by atoms with Crippen LogP contribution in [-0.2, 0) is 0 Å². The zero-order valence-electron chi connectivity index (χ0n) is 4.22. The SMILES string of the molecule is CSSC1CSC1. The van der Waals surface area contributed by atoms with Crippen molar-refractivity contribution in [1.82, 2.24) is 0 Å². The van der Waals surface area contributed by atoms with Gasteiger partial charge in [0.1, 0.15) is 0 Å². The fourth-order valence-electron chi connectivity index (χ4n) is 0.406. The molecule has 0 aromatic rings. The molecule has 1 aliphatic rings. The van der Waals surface area contributed by atoms with Gasteiger partial charge in [0.25, 0.3) is 0 Å². The van der Waals surface area contributed by atoms with Crippen LogP contribution in [-0.4, -0.2) is 23.0 Å². The van der Waals surface area contributed by atoms with Gasteiger partial charge in [-0.15, -0.1) is 0 Å². The second kappa shape index (κ2) is 3.15. The predicted octanol–water partition coefficient (Wildman–Crippen LogP) is 2.11. The zero-order chi connectivity index (χ0) is 5.11. The summed E-state index contributed by atoms with van der Waals surface area (Å²) in [6.45, 7) is 0. The van der Waals surface area contributed by atoms with E-state index in [0.717, 1.165) is 5.25 Å². The predicted molar refractivity (Wildman–Crippen MR) is 42.2 cm³/mol. The monoisotopic (exact) mass is 152 g/mol. The molecule has 1 saturated heterocycles. The first kappa shape index (κ1) is 6.17. The second-order valence-electron chi connectivity index (χ2n) is 1.42. The smallest absolute Gasteiger partial charge is 0.0332 e. The Bertz CT molecular complexity index is 50.9. The van der Waals surface area contributed by atoms with Crippen LogP contribution >= 0.6 is 33.3 Å². The van der Waals surface area contributed by atoms with E-state index in [2.05, 4.69) is 18.0 Å². The Morgan fingerprint density at radius 2 is 2.29 bits per heavy atom. The van der Waals surface area contributed by atoms with E-state index >= 15 is 0 Å². The third-order valence-electron chi connectivity index (χ3n) is 0.840. The minimum absolute atomic E-state index is 0.972. The summed E-state index contributed by atoms with van der Waals surface area (Å²) < 4.78 is 0. The molecule has 0 N–H and O–H groups in total. The molecular weight excluding hydrogens is 144 g/mol. The lowest BCUT2D eigenvalue weighted by Gasteiger charge is -2.22. The molecule has 0 spiro atoms. The van der Waals surface area contributed by atoms with Gasteiger partial charge in [0.2, 0.25) is 0 Å². The molecule has 1 fully saturated rings. The first-order chi connectivity index (χ1) is 3.43. The Morgan fingerprint density at radius 1 is 1.57 bits per heavy atom. The van der Waals surface area contributed by atoms with Crippen LogP contribution in [0, 0.1) is 0 Å². The van der Waals surface area contributed by atoms with Crippen LogP contribution in [0.2, 0.25) is 0 Å². The summed E-state index contributed by atoms with van der Waals surface area (Å²) in [6, 6.07) is 0. The van der Waals surface area contributed by atoms with Crippen molar-refractivity contribution in [3.63, 3.8) is 0 Å². The lowest BCUT2D eigenvalue weighted by molar-refractivity contribution is 1.09. The second-order valence-corrected chi connectivity index (χ2v) is 5.27. The summed E-state index contributed by atoms with van der Waals surface area (Å²) in [6.07, 6.45) is 2.15. The summed E-state index contributed by atoms with van der Waals surface area (Å²) >= 11 is 2.05. The highest BCUT2D eigenvalue weighted by molar-refractivity contribution is 8.76. The van der Waals surface area contributed by atoms with Crippen molar-refractivity contribution in [3.05, 3.63) is 0 Å². The van der Waals surface area contributed by atoms with Gasteiger partial charge in [-0.2, -0.15) is 11.8 Å². The van der Waals surface area contributed by atoms with E-state index in [0.29, 0.717) is 0 Å². The third-order valence-corrected chi connectivity index (χ3v) is 4.73. The quantitative estimate of drug-likeness (QED) is 0.556. The summed E-state index contributed by atoms with van der Waals surface area (Å²) in [5.74, 6) is 2.76.